The minimum atomic E-state index is 0.318. The molecule has 2 unspecified atom stereocenters. The molecule has 0 spiro atoms. The van der Waals surface area contributed by atoms with Crippen molar-refractivity contribution in [3.8, 4) is 0 Å². The summed E-state index contributed by atoms with van der Waals surface area (Å²) in [5.41, 5.74) is 0. The molecule has 0 bridgehead atoms. The van der Waals surface area contributed by atoms with Gasteiger partial charge in [0.05, 0.1) is 0 Å². The Morgan fingerprint density at radius 1 is 0.667 bits per heavy atom. The van der Waals surface area contributed by atoms with E-state index in [0.29, 0.717) is 25.4 Å². The van der Waals surface area contributed by atoms with Gasteiger partial charge in [-0.2, -0.15) is 0 Å². The summed E-state index contributed by atoms with van der Waals surface area (Å²) >= 11 is 4.87. The minimum absolute atomic E-state index is 0.318. The number of hydrogen-bond donors (Lipinski definition) is 0. The molecular weight excluding hydrogens is 566 g/mol. The van der Waals surface area contributed by atoms with Gasteiger partial charge in [0, 0.05) is 13.2 Å². The molecule has 0 heterocycles. The van der Waals surface area contributed by atoms with Gasteiger partial charge in [-0.1, -0.05) is 83.3 Å². The molecule has 0 aromatic carbocycles. The van der Waals surface area contributed by atoms with Crippen molar-refractivity contribution >= 4 is 45.2 Å². The zero-order valence-electron chi connectivity index (χ0n) is 17.3. The molecule has 0 amide bonds. The number of unbranched alkanes of at least 4 members (excludes halogenated alkanes) is 4. The maximum absolute atomic E-state index is 5.51. The first-order valence-electron chi connectivity index (χ1n) is 10.4. The molecule has 2 atom stereocenters. The molecule has 0 rings (SSSR count). The van der Waals surface area contributed by atoms with Crippen LogP contribution in [-0.2, 0) is 14.2 Å². The summed E-state index contributed by atoms with van der Waals surface area (Å²) in [6.45, 7) is 6.58. The van der Waals surface area contributed by atoms with Crippen LogP contribution in [0.5, 0.6) is 0 Å². The summed E-state index contributed by atoms with van der Waals surface area (Å²) in [6.07, 6.45) is 18.9. The van der Waals surface area contributed by atoms with Gasteiger partial charge in [-0.05, 0) is 72.1 Å². The lowest BCUT2D eigenvalue weighted by Crippen LogP contribution is -2.08. The summed E-state index contributed by atoms with van der Waals surface area (Å²) in [4.78, 5) is 0. The highest BCUT2D eigenvalue weighted by Crippen LogP contribution is 2.08. The average molecular weight is 606 g/mol. The molecule has 0 aliphatic heterocycles. The fourth-order valence-corrected chi connectivity index (χ4v) is 3.45. The molecule has 0 radical (unpaired) electrons. The normalized spacial score (nSPS) is 14.4. The summed E-state index contributed by atoms with van der Waals surface area (Å²) in [6, 6.07) is 0. The molecule has 0 saturated heterocycles. The monoisotopic (exact) mass is 606 g/mol. The van der Waals surface area contributed by atoms with Crippen LogP contribution in [0.3, 0.4) is 0 Å². The highest BCUT2D eigenvalue weighted by Gasteiger charge is 1.99. The SMILES string of the molecule is CC(C=CCCCCI)CCOCOCOCCC(C)C=CCCCCI. The van der Waals surface area contributed by atoms with Crippen molar-refractivity contribution in [2.24, 2.45) is 11.8 Å². The second-order valence-corrected chi connectivity index (χ2v) is 9.17. The standard InChI is InChI=1S/C22H40I2O3/c1-21(11-7-3-5-9-15-23)13-17-25-19-27-20-26-18-14-22(2)12-8-4-6-10-16-24/h7-8,11-12,21-22H,3-6,9-10,13-20H2,1-2H3. The predicted molar refractivity (Wildman–Crippen MR) is 134 cm³/mol. The first kappa shape index (κ1) is 27.8. The van der Waals surface area contributed by atoms with Crippen LogP contribution in [0.15, 0.2) is 24.3 Å². The van der Waals surface area contributed by atoms with Crippen LogP contribution in [0.2, 0.25) is 0 Å². The van der Waals surface area contributed by atoms with E-state index in [-0.39, 0.29) is 0 Å². The molecule has 0 N–H and O–H groups in total. The van der Waals surface area contributed by atoms with Crippen LogP contribution in [-0.4, -0.2) is 35.7 Å². The summed E-state index contributed by atoms with van der Waals surface area (Å²) in [5, 5.41) is 0. The van der Waals surface area contributed by atoms with E-state index in [1.807, 2.05) is 0 Å². The van der Waals surface area contributed by atoms with Crippen LogP contribution < -0.4 is 0 Å². The zero-order chi connectivity index (χ0) is 20.0. The van der Waals surface area contributed by atoms with Crippen molar-refractivity contribution in [3.63, 3.8) is 0 Å². The Bertz CT molecular complexity index is 316. The van der Waals surface area contributed by atoms with Crippen molar-refractivity contribution in [1.82, 2.24) is 0 Å². The minimum Gasteiger partial charge on any atom is -0.355 e. The summed E-state index contributed by atoms with van der Waals surface area (Å²) < 4.78 is 18.9. The predicted octanol–water partition coefficient (Wildman–Crippen LogP) is 7.33. The third-order valence-corrected chi connectivity index (χ3v) is 5.73. The van der Waals surface area contributed by atoms with Gasteiger partial charge in [-0.25, -0.2) is 0 Å². The molecule has 0 aliphatic rings. The molecule has 160 valence electrons. The third kappa shape index (κ3) is 23.0. The molecule has 27 heavy (non-hydrogen) atoms. The number of ether oxygens (including phenoxy) is 3. The van der Waals surface area contributed by atoms with Crippen LogP contribution in [0, 0.1) is 11.8 Å². The Kier molecular flexibility index (Phi) is 23.8. The topological polar surface area (TPSA) is 27.7 Å². The Morgan fingerprint density at radius 2 is 1.11 bits per heavy atom. The van der Waals surface area contributed by atoms with Gasteiger partial charge >= 0.3 is 0 Å². The average Bonchev–Trinajstić information content (AvgIpc) is 2.66. The Morgan fingerprint density at radius 3 is 1.52 bits per heavy atom. The molecule has 5 heteroatoms. The highest BCUT2D eigenvalue weighted by atomic mass is 127. The van der Waals surface area contributed by atoms with E-state index in [1.165, 1.54) is 47.4 Å². The lowest BCUT2D eigenvalue weighted by Gasteiger charge is -2.10. The van der Waals surface area contributed by atoms with Crippen molar-refractivity contribution in [2.75, 3.05) is 35.7 Å². The van der Waals surface area contributed by atoms with Crippen LogP contribution in [0.4, 0.5) is 0 Å². The summed E-state index contributed by atoms with van der Waals surface area (Å²) in [7, 11) is 0. The molecule has 3 nitrogen and oxygen atoms in total. The van der Waals surface area contributed by atoms with Crippen LogP contribution >= 0.6 is 45.2 Å². The Labute approximate surface area is 195 Å². The Balaban J connectivity index is 3.34. The molecule has 0 aromatic heterocycles. The van der Waals surface area contributed by atoms with Gasteiger partial charge in [0.2, 0.25) is 0 Å². The Hall–Kier alpha value is 0.820. The van der Waals surface area contributed by atoms with E-state index in [1.54, 1.807) is 0 Å². The van der Waals surface area contributed by atoms with Crippen molar-refractivity contribution in [2.45, 2.75) is 65.2 Å². The number of hydrogen-bond acceptors (Lipinski definition) is 3. The van der Waals surface area contributed by atoms with Crippen LogP contribution in [0.1, 0.15) is 65.2 Å². The van der Waals surface area contributed by atoms with E-state index in [2.05, 4.69) is 83.3 Å². The van der Waals surface area contributed by atoms with Gasteiger partial charge in [0.1, 0.15) is 13.6 Å². The fraction of sp³-hybridized carbons (Fsp3) is 0.818. The maximum Gasteiger partial charge on any atom is 0.149 e. The molecule has 0 aromatic rings. The molecule has 0 aliphatic carbocycles. The maximum atomic E-state index is 5.51. The molecule has 0 saturated carbocycles. The van der Waals surface area contributed by atoms with Gasteiger partial charge in [0.25, 0.3) is 0 Å². The van der Waals surface area contributed by atoms with Crippen molar-refractivity contribution < 1.29 is 14.2 Å². The first-order chi connectivity index (χ1) is 13.2. The largest absolute Gasteiger partial charge is 0.355 e. The number of allylic oxidation sites excluding steroid dienone is 4. The third-order valence-electron chi connectivity index (χ3n) is 4.21. The number of halogens is 2. The first-order valence-corrected chi connectivity index (χ1v) is 13.4. The van der Waals surface area contributed by atoms with Gasteiger partial charge in [0.15, 0.2) is 0 Å². The van der Waals surface area contributed by atoms with Crippen molar-refractivity contribution in [1.29, 1.82) is 0 Å². The summed E-state index contributed by atoms with van der Waals surface area (Å²) in [5.74, 6) is 1.13. The van der Waals surface area contributed by atoms with Gasteiger partial charge < -0.3 is 14.2 Å². The second-order valence-electron chi connectivity index (χ2n) is 7.01. The van der Waals surface area contributed by atoms with E-state index in [0.717, 1.165) is 26.1 Å². The second kappa shape index (κ2) is 23.1. The number of alkyl halides is 2. The number of rotatable bonds is 20. The molecular formula is C22H40I2O3. The van der Waals surface area contributed by atoms with Gasteiger partial charge in [-0.15, -0.1) is 0 Å². The van der Waals surface area contributed by atoms with E-state index < -0.39 is 0 Å². The quantitative estimate of drug-likeness (QED) is 0.0478. The molecule has 0 fully saturated rings. The zero-order valence-corrected chi connectivity index (χ0v) is 21.7. The fourth-order valence-electron chi connectivity index (χ4n) is 2.37. The van der Waals surface area contributed by atoms with Gasteiger partial charge in [-0.3, -0.25) is 0 Å². The van der Waals surface area contributed by atoms with Crippen LogP contribution in [0.25, 0.3) is 0 Å². The smallest absolute Gasteiger partial charge is 0.149 e. The highest BCUT2D eigenvalue weighted by molar-refractivity contribution is 14.1. The lowest BCUT2D eigenvalue weighted by molar-refractivity contribution is -0.132. The lowest BCUT2D eigenvalue weighted by atomic mass is 10.1. The van der Waals surface area contributed by atoms with E-state index in [4.69, 9.17) is 14.2 Å². The van der Waals surface area contributed by atoms with Crippen molar-refractivity contribution in [3.05, 3.63) is 24.3 Å². The van der Waals surface area contributed by atoms with E-state index >= 15 is 0 Å². The van der Waals surface area contributed by atoms with E-state index in [9.17, 15) is 0 Å².